The van der Waals surface area contributed by atoms with Crippen LogP contribution in [0, 0.1) is 0 Å². The van der Waals surface area contributed by atoms with Crippen LogP contribution in [0.1, 0.15) is 30.3 Å². The number of hydrogen-bond acceptors (Lipinski definition) is 5. The van der Waals surface area contributed by atoms with E-state index in [0.717, 1.165) is 12.1 Å². The maximum absolute atomic E-state index is 13.2. The van der Waals surface area contributed by atoms with Gasteiger partial charge in [-0.1, -0.05) is 0 Å². The van der Waals surface area contributed by atoms with Crippen molar-refractivity contribution in [1.29, 1.82) is 0 Å². The molecule has 1 fully saturated rings. The van der Waals surface area contributed by atoms with Crippen LogP contribution in [0.25, 0.3) is 0 Å². The first-order valence-electron chi connectivity index (χ1n) is 8.46. The van der Waals surface area contributed by atoms with Gasteiger partial charge in [0.15, 0.2) is 11.4 Å². The molecule has 3 heterocycles. The van der Waals surface area contributed by atoms with E-state index in [-0.39, 0.29) is 18.3 Å². The van der Waals surface area contributed by atoms with Crippen molar-refractivity contribution in [2.45, 2.75) is 31.2 Å². The van der Waals surface area contributed by atoms with Crippen molar-refractivity contribution in [2.75, 3.05) is 37.0 Å². The van der Waals surface area contributed by atoms with Crippen LogP contribution in [0.5, 0.6) is 0 Å². The van der Waals surface area contributed by atoms with E-state index >= 15 is 0 Å². The highest BCUT2D eigenvalue weighted by molar-refractivity contribution is 5.46. The third-order valence-electron chi connectivity index (χ3n) is 4.40. The molecule has 12 heteroatoms. The average Bonchev–Trinajstić information content (AvgIpc) is 3.11. The molecule has 0 N–H and O–H groups in total. The molecule has 3 rings (SSSR count). The van der Waals surface area contributed by atoms with Crippen LogP contribution in [0.3, 0.4) is 0 Å². The summed E-state index contributed by atoms with van der Waals surface area (Å²) >= 11 is 0. The number of aromatic nitrogens is 4. The third-order valence-corrected chi connectivity index (χ3v) is 4.40. The number of nitrogens with zero attached hydrogens (tertiary/aromatic N) is 6. The lowest BCUT2D eigenvalue weighted by atomic mass is 10.1. The Kier molecular flexibility index (Phi) is 5.15. The van der Waals surface area contributed by atoms with E-state index in [1.807, 2.05) is 0 Å². The minimum absolute atomic E-state index is 0.0953. The van der Waals surface area contributed by atoms with Crippen molar-refractivity contribution < 1.29 is 26.3 Å². The molecular formula is C16H18F6N6. The molecule has 0 aromatic carbocycles. The maximum atomic E-state index is 13.2. The average molecular weight is 408 g/mol. The summed E-state index contributed by atoms with van der Waals surface area (Å²) in [6.07, 6.45) is -6.85. The van der Waals surface area contributed by atoms with Gasteiger partial charge in [0.1, 0.15) is 5.82 Å². The second-order valence-electron chi connectivity index (χ2n) is 6.72. The Morgan fingerprint density at radius 1 is 1.04 bits per heavy atom. The number of hydrogen-bond donors (Lipinski definition) is 0. The Bertz CT molecular complexity index is 828. The summed E-state index contributed by atoms with van der Waals surface area (Å²) in [5.74, 6) is -0.00989. The highest BCUT2D eigenvalue weighted by Crippen LogP contribution is 2.33. The molecule has 1 aliphatic heterocycles. The third kappa shape index (κ3) is 4.30. The van der Waals surface area contributed by atoms with Crippen molar-refractivity contribution in [3.05, 3.63) is 29.7 Å². The first-order chi connectivity index (χ1) is 12.9. The van der Waals surface area contributed by atoms with Gasteiger partial charge in [0.25, 0.3) is 0 Å². The highest BCUT2D eigenvalue weighted by atomic mass is 19.4. The zero-order chi connectivity index (χ0) is 20.7. The van der Waals surface area contributed by atoms with Crippen LogP contribution >= 0.6 is 0 Å². The molecule has 6 nitrogen and oxygen atoms in total. The number of halogens is 6. The Balaban J connectivity index is 1.88. The summed E-state index contributed by atoms with van der Waals surface area (Å²) < 4.78 is 79.1. The van der Waals surface area contributed by atoms with Crippen molar-refractivity contribution in [3.8, 4) is 0 Å². The molecule has 2 aromatic rings. The Hall–Kier alpha value is -2.53. The molecule has 0 aliphatic carbocycles. The molecular weight excluding hydrogens is 390 g/mol. The van der Waals surface area contributed by atoms with Gasteiger partial charge in [0.05, 0.1) is 6.04 Å². The summed E-state index contributed by atoms with van der Waals surface area (Å²) in [5.41, 5.74) is -2.07. The topological polar surface area (TPSA) is 50.1 Å². The Morgan fingerprint density at radius 2 is 1.71 bits per heavy atom. The summed E-state index contributed by atoms with van der Waals surface area (Å²) in [6, 6.07) is 1.31. The van der Waals surface area contributed by atoms with Gasteiger partial charge in [0.2, 0.25) is 5.95 Å². The molecule has 0 bridgehead atoms. The Labute approximate surface area is 156 Å². The van der Waals surface area contributed by atoms with Crippen LogP contribution in [-0.2, 0) is 12.4 Å². The number of anilines is 2. The molecule has 1 atom stereocenters. The van der Waals surface area contributed by atoms with E-state index < -0.39 is 29.8 Å². The van der Waals surface area contributed by atoms with Gasteiger partial charge in [0, 0.05) is 39.4 Å². The fourth-order valence-corrected chi connectivity index (χ4v) is 2.98. The van der Waals surface area contributed by atoms with Gasteiger partial charge >= 0.3 is 12.4 Å². The van der Waals surface area contributed by atoms with E-state index in [0.29, 0.717) is 19.4 Å². The Morgan fingerprint density at radius 3 is 2.29 bits per heavy atom. The SMILES string of the molecule is CN(C)c1cc(C(F)(F)F)nc(N2CCCC(n3ccc(C(F)(F)F)n3)C2)n1. The number of piperidine rings is 1. The predicted molar refractivity (Wildman–Crippen MR) is 89.1 cm³/mol. The summed E-state index contributed by atoms with van der Waals surface area (Å²) in [7, 11) is 3.13. The predicted octanol–water partition coefficient (Wildman–Crippen LogP) is 3.62. The van der Waals surface area contributed by atoms with Crippen LogP contribution in [0.4, 0.5) is 38.1 Å². The lowest BCUT2D eigenvalue weighted by Crippen LogP contribution is -2.38. The van der Waals surface area contributed by atoms with Gasteiger partial charge in [-0.2, -0.15) is 36.4 Å². The molecule has 1 aliphatic rings. The van der Waals surface area contributed by atoms with E-state index in [9.17, 15) is 26.3 Å². The van der Waals surface area contributed by atoms with Crippen molar-refractivity contribution >= 4 is 11.8 Å². The van der Waals surface area contributed by atoms with Crippen LogP contribution in [0.15, 0.2) is 18.3 Å². The minimum Gasteiger partial charge on any atom is -0.363 e. The van der Waals surface area contributed by atoms with E-state index in [4.69, 9.17) is 0 Å². The van der Waals surface area contributed by atoms with Gasteiger partial charge in [-0.15, -0.1) is 0 Å². The number of rotatable bonds is 3. The zero-order valence-corrected chi connectivity index (χ0v) is 15.1. The van der Waals surface area contributed by atoms with E-state index in [1.54, 1.807) is 19.0 Å². The molecule has 1 saturated heterocycles. The standard InChI is InChI=1S/C16H18F6N6/c1-26(2)13-8-12(16(20,21)22)23-14(24-13)27-6-3-4-10(9-27)28-7-5-11(25-28)15(17,18)19/h5,7-8,10H,3-4,6,9H2,1-2H3. The highest BCUT2D eigenvalue weighted by Gasteiger charge is 2.36. The second kappa shape index (κ2) is 7.13. The van der Waals surface area contributed by atoms with Crippen LogP contribution < -0.4 is 9.80 Å². The maximum Gasteiger partial charge on any atom is 0.435 e. The fraction of sp³-hybridized carbons (Fsp3) is 0.562. The van der Waals surface area contributed by atoms with Crippen LogP contribution in [0.2, 0.25) is 0 Å². The van der Waals surface area contributed by atoms with Gasteiger partial charge in [-0.25, -0.2) is 4.98 Å². The molecule has 154 valence electrons. The van der Waals surface area contributed by atoms with Crippen molar-refractivity contribution in [3.63, 3.8) is 0 Å². The van der Waals surface area contributed by atoms with Gasteiger partial charge < -0.3 is 9.80 Å². The molecule has 0 saturated carbocycles. The second-order valence-corrected chi connectivity index (χ2v) is 6.72. The van der Waals surface area contributed by atoms with E-state index in [2.05, 4.69) is 15.1 Å². The smallest absolute Gasteiger partial charge is 0.363 e. The molecule has 28 heavy (non-hydrogen) atoms. The monoisotopic (exact) mass is 408 g/mol. The lowest BCUT2D eigenvalue weighted by Gasteiger charge is -2.33. The largest absolute Gasteiger partial charge is 0.435 e. The summed E-state index contributed by atoms with van der Waals surface area (Å²) in [4.78, 5) is 10.8. The molecule has 0 radical (unpaired) electrons. The quantitative estimate of drug-likeness (QED) is 0.727. The molecule has 0 spiro atoms. The van der Waals surface area contributed by atoms with E-state index in [1.165, 1.54) is 15.8 Å². The first kappa shape index (κ1) is 20.2. The zero-order valence-electron chi connectivity index (χ0n) is 15.1. The summed E-state index contributed by atoms with van der Waals surface area (Å²) in [6.45, 7) is 0.561. The van der Waals surface area contributed by atoms with Crippen LogP contribution in [-0.4, -0.2) is 46.9 Å². The van der Waals surface area contributed by atoms with Gasteiger partial charge in [-0.05, 0) is 18.9 Å². The molecule has 0 amide bonds. The van der Waals surface area contributed by atoms with Crippen molar-refractivity contribution in [1.82, 2.24) is 19.7 Å². The fourth-order valence-electron chi connectivity index (χ4n) is 2.98. The number of alkyl halides is 6. The minimum atomic E-state index is -4.64. The first-order valence-corrected chi connectivity index (χ1v) is 8.46. The van der Waals surface area contributed by atoms with Gasteiger partial charge in [-0.3, -0.25) is 4.68 Å². The lowest BCUT2D eigenvalue weighted by molar-refractivity contribution is -0.142. The van der Waals surface area contributed by atoms with Crippen molar-refractivity contribution in [2.24, 2.45) is 0 Å². The molecule has 1 unspecified atom stereocenters. The normalized spacial score (nSPS) is 18.4. The molecule has 2 aromatic heterocycles. The summed E-state index contributed by atoms with van der Waals surface area (Å²) in [5, 5.41) is 3.57.